The van der Waals surface area contributed by atoms with Crippen LogP contribution in [0.2, 0.25) is 0 Å². The van der Waals surface area contributed by atoms with Crippen molar-refractivity contribution in [1.82, 2.24) is 4.98 Å². The Bertz CT molecular complexity index is 656. The predicted octanol–water partition coefficient (Wildman–Crippen LogP) is 3.41. The first-order valence-electron chi connectivity index (χ1n) is 6.90. The van der Waals surface area contributed by atoms with Crippen molar-refractivity contribution in [3.8, 4) is 0 Å². The molecule has 1 aliphatic carbocycles. The quantitative estimate of drug-likeness (QED) is 0.885. The van der Waals surface area contributed by atoms with Crippen molar-refractivity contribution in [3.05, 3.63) is 35.0 Å². The number of aliphatic carboxylic acids is 1. The zero-order chi connectivity index (χ0) is 13.6. The van der Waals surface area contributed by atoms with Gasteiger partial charge in [0.15, 0.2) is 0 Å². The number of carboxylic acid groups (broad SMARTS) is 1. The molecule has 0 saturated carbocycles. The van der Waals surface area contributed by atoms with Crippen LogP contribution in [-0.2, 0) is 23.1 Å². The summed E-state index contributed by atoms with van der Waals surface area (Å²) in [7, 11) is 0. The molecule has 0 aliphatic heterocycles. The van der Waals surface area contributed by atoms with Crippen LogP contribution in [0.15, 0.2) is 18.2 Å². The van der Waals surface area contributed by atoms with Gasteiger partial charge in [0.05, 0.1) is 6.42 Å². The Morgan fingerprint density at radius 1 is 1.47 bits per heavy atom. The molecule has 3 heteroatoms. The third-order valence-electron chi connectivity index (χ3n) is 4.48. The van der Waals surface area contributed by atoms with Crippen LogP contribution in [-0.4, -0.2) is 16.1 Å². The van der Waals surface area contributed by atoms with Gasteiger partial charge in [0.1, 0.15) is 0 Å². The maximum Gasteiger partial charge on any atom is 0.304 e. The fourth-order valence-corrected chi connectivity index (χ4v) is 3.44. The van der Waals surface area contributed by atoms with Crippen LogP contribution in [0.5, 0.6) is 0 Å². The summed E-state index contributed by atoms with van der Waals surface area (Å²) in [6.45, 7) is 4.21. The molecular formula is C16H19NO2. The monoisotopic (exact) mass is 257 g/mol. The molecule has 0 radical (unpaired) electrons. The molecule has 1 aromatic carbocycles. The molecular weight excluding hydrogens is 238 g/mol. The number of fused-ring (bicyclic) bond motifs is 3. The van der Waals surface area contributed by atoms with Crippen LogP contribution in [0.1, 0.15) is 43.5 Å². The van der Waals surface area contributed by atoms with E-state index in [0.717, 1.165) is 25.0 Å². The number of aromatic nitrogens is 1. The van der Waals surface area contributed by atoms with E-state index in [1.54, 1.807) is 0 Å². The van der Waals surface area contributed by atoms with Gasteiger partial charge in [0.25, 0.3) is 0 Å². The third-order valence-corrected chi connectivity index (χ3v) is 4.48. The highest BCUT2D eigenvalue weighted by Crippen LogP contribution is 2.44. The summed E-state index contributed by atoms with van der Waals surface area (Å²) < 4.78 is 0. The number of nitrogens with one attached hydrogen (secondary N) is 1. The molecule has 19 heavy (non-hydrogen) atoms. The van der Waals surface area contributed by atoms with E-state index < -0.39 is 5.97 Å². The number of aryl methyl sites for hydroxylation is 2. The number of H-pyrrole nitrogens is 1. The molecule has 2 N–H and O–H groups in total. The summed E-state index contributed by atoms with van der Waals surface area (Å²) in [4.78, 5) is 14.6. The summed E-state index contributed by atoms with van der Waals surface area (Å²) >= 11 is 0. The zero-order valence-electron chi connectivity index (χ0n) is 11.4. The van der Waals surface area contributed by atoms with Gasteiger partial charge >= 0.3 is 5.97 Å². The molecule has 3 nitrogen and oxygen atoms in total. The lowest BCUT2D eigenvalue weighted by molar-refractivity contribution is -0.138. The van der Waals surface area contributed by atoms with Crippen LogP contribution < -0.4 is 0 Å². The molecule has 0 fully saturated rings. The van der Waals surface area contributed by atoms with Crippen molar-refractivity contribution in [2.45, 2.75) is 44.9 Å². The topological polar surface area (TPSA) is 53.1 Å². The summed E-state index contributed by atoms with van der Waals surface area (Å²) in [5.41, 5.74) is 4.74. The highest BCUT2D eigenvalue weighted by Gasteiger charge is 2.39. The number of benzene rings is 1. The van der Waals surface area contributed by atoms with Gasteiger partial charge in [-0.25, -0.2) is 0 Å². The van der Waals surface area contributed by atoms with Gasteiger partial charge in [-0.2, -0.15) is 0 Å². The second kappa shape index (κ2) is 4.12. The number of hydrogen-bond donors (Lipinski definition) is 2. The fourth-order valence-electron chi connectivity index (χ4n) is 3.44. The molecule has 0 saturated heterocycles. The van der Waals surface area contributed by atoms with Crippen LogP contribution in [0, 0.1) is 0 Å². The Morgan fingerprint density at radius 3 is 2.95 bits per heavy atom. The lowest BCUT2D eigenvalue weighted by atomic mass is 9.84. The van der Waals surface area contributed by atoms with E-state index in [1.165, 1.54) is 22.0 Å². The Hall–Kier alpha value is -1.77. The molecule has 1 heterocycles. The lowest BCUT2D eigenvalue weighted by Crippen LogP contribution is -2.23. The van der Waals surface area contributed by atoms with Crippen molar-refractivity contribution < 1.29 is 9.90 Å². The van der Waals surface area contributed by atoms with Gasteiger partial charge in [-0.05, 0) is 30.4 Å². The second-order valence-electron chi connectivity index (χ2n) is 5.80. The van der Waals surface area contributed by atoms with E-state index in [2.05, 4.69) is 37.0 Å². The minimum absolute atomic E-state index is 0.203. The predicted molar refractivity (Wildman–Crippen MR) is 75.6 cm³/mol. The van der Waals surface area contributed by atoms with Crippen molar-refractivity contribution >= 4 is 16.9 Å². The SMILES string of the molecule is CCc1cccc2c3c([nH]c12)[C@@](C)(CC(=O)O)CC3. The first-order chi connectivity index (χ1) is 9.05. The highest BCUT2D eigenvalue weighted by molar-refractivity contribution is 5.89. The third kappa shape index (κ3) is 1.76. The first kappa shape index (κ1) is 12.3. The Labute approximate surface area is 112 Å². The standard InChI is InChI=1S/C16H19NO2/c1-3-10-5-4-6-11-12-7-8-16(2,9-13(18)19)15(12)17-14(10)11/h4-6,17H,3,7-9H2,1-2H3,(H,18,19)/t16-/m1/s1. The molecule has 0 bridgehead atoms. The summed E-state index contributed by atoms with van der Waals surface area (Å²) in [6.07, 6.45) is 3.10. The molecule has 3 rings (SSSR count). The van der Waals surface area contributed by atoms with E-state index >= 15 is 0 Å². The second-order valence-corrected chi connectivity index (χ2v) is 5.80. The van der Waals surface area contributed by atoms with E-state index in [0.29, 0.717) is 0 Å². The van der Waals surface area contributed by atoms with Crippen molar-refractivity contribution in [2.24, 2.45) is 0 Å². The van der Waals surface area contributed by atoms with Gasteiger partial charge in [0.2, 0.25) is 0 Å². The number of aromatic amines is 1. The minimum Gasteiger partial charge on any atom is -0.481 e. The fraction of sp³-hybridized carbons (Fsp3) is 0.438. The Morgan fingerprint density at radius 2 is 2.26 bits per heavy atom. The van der Waals surface area contributed by atoms with Crippen LogP contribution in [0.4, 0.5) is 0 Å². The normalized spacial score (nSPS) is 21.8. The first-order valence-corrected chi connectivity index (χ1v) is 6.90. The molecule has 0 amide bonds. The summed E-state index contributed by atoms with van der Waals surface area (Å²) in [5, 5.41) is 10.4. The van der Waals surface area contributed by atoms with Gasteiger partial charge in [-0.15, -0.1) is 0 Å². The molecule has 0 spiro atoms. The van der Waals surface area contributed by atoms with Crippen molar-refractivity contribution in [3.63, 3.8) is 0 Å². The molecule has 1 atom stereocenters. The largest absolute Gasteiger partial charge is 0.481 e. The van der Waals surface area contributed by atoms with Gasteiger partial charge in [-0.1, -0.05) is 32.0 Å². The van der Waals surface area contributed by atoms with Crippen LogP contribution in [0.25, 0.3) is 10.9 Å². The van der Waals surface area contributed by atoms with Gasteiger partial charge in [0, 0.05) is 22.0 Å². The molecule has 0 unspecified atom stereocenters. The lowest BCUT2D eigenvalue weighted by Gasteiger charge is -2.21. The molecule has 1 aliphatic rings. The number of carbonyl (C=O) groups is 1. The number of rotatable bonds is 3. The maximum absolute atomic E-state index is 11.1. The Kier molecular flexibility index (Phi) is 2.66. The number of hydrogen-bond acceptors (Lipinski definition) is 1. The number of carboxylic acids is 1. The van der Waals surface area contributed by atoms with E-state index in [9.17, 15) is 4.79 Å². The van der Waals surface area contributed by atoms with E-state index in [-0.39, 0.29) is 11.8 Å². The Balaban J connectivity index is 2.19. The zero-order valence-corrected chi connectivity index (χ0v) is 11.4. The van der Waals surface area contributed by atoms with Crippen molar-refractivity contribution in [1.29, 1.82) is 0 Å². The molecule has 2 aromatic rings. The minimum atomic E-state index is -0.718. The van der Waals surface area contributed by atoms with E-state index in [4.69, 9.17) is 5.11 Å². The molecule has 100 valence electrons. The average molecular weight is 257 g/mol. The molecule has 1 aromatic heterocycles. The maximum atomic E-state index is 11.1. The highest BCUT2D eigenvalue weighted by atomic mass is 16.4. The number of para-hydroxylation sites is 1. The van der Waals surface area contributed by atoms with Crippen molar-refractivity contribution in [2.75, 3.05) is 0 Å². The van der Waals surface area contributed by atoms with Crippen LogP contribution >= 0.6 is 0 Å². The smallest absolute Gasteiger partial charge is 0.304 e. The van der Waals surface area contributed by atoms with Gasteiger partial charge < -0.3 is 10.1 Å². The average Bonchev–Trinajstić information content (AvgIpc) is 2.87. The summed E-state index contributed by atoms with van der Waals surface area (Å²) in [6, 6.07) is 6.39. The van der Waals surface area contributed by atoms with E-state index in [1.807, 2.05) is 0 Å². The van der Waals surface area contributed by atoms with Gasteiger partial charge in [-0.3, -0.25) is 4.79 Å². The summed E-state index contributed by atoms with van der Waals surface area (Å²) in [5.74, 6) is -0.718. The van der Waals surface area contributed by atoms with Crippen LogP contribution in [0.3, 0.4) is 0 Å².